The average Bonchev–Trinajstić information content (AvgIpc) is 1.69. The lowest BCUT2D eigenvalue weighted by Crippen LogP contribution is -2.63. The van der Waals surface area contributed by atoms with Crippen molar-refractivity contribution in [1.29, 1.82) is 0 Å². The van der Waals surface area contributed by atoms with Gasteiger partial charge in [0.05, 0.1) is 25.5 Å². The minimum atomic E-state index is -1.94. The van der Waals surface area contributed by atoms with Crippen LogP contribution in [0.4, 0.5) is 8.78 Å². The van der Waals surface area contributed by atoms with Crippen LogP contribution in [0.3, 0.4) is 0 Å². The first-order valence-corrected chi connectivity index (χ1v) is 35.8. The van der Waals surface area contributed by atoms with E-state index in [0.717, 1.165) is 6.92 Å². The molecule has 0 spiro atoms. The molecule has 31 nitrogen and oxygen atoms in total. The van der Waals surface area contributed by atoms with Crippen LogP contribution in [0.5, 0.6) is 0 Å². The highest BCUT2D eigenvalue weighted by atomic mass is 19.1. The number of fused-ring (bicyclic) bond motifs is 33. The number of rotatable bonds is 12. The van der Waals surface area contributed by atoms with Gasteiger partial charge in [-0.25, -0.2) is 8.78 Å². The fraction of sp³-hybridized carbons (Fsp3) is 0.721. The molecular weight excluding hydrogens is 1320 g/mol. The SMILES string of the molecule is CC(=O)N[C@H]1CC(=O)NCc2ccc(cc2)C[C@@H](C(N)=O)NC(=O)[C@]2(C)CCCN2C(=O)[C@H](CC2CCC(O)CC2)NC(=O)[C@H](CC2CNCN2)NC(=O)[C@H](CC(=O)O)NC(=O)[C@H](CC2CNC3CCC(F)CC23)NC(=O)[C@H](CC2CNC3CCC(F)CC23)NC(=O)CNC(=O)[C@H](C)NC1=O. The van der Waals surface area contributed by atoms with Gasteiger partial charge in [0.25, 0.3) is 0 Å². The van der Waals surface area contributed by atoms with Crippen LogP contribution < -0.4 is 80.2 Å². The van der Waals surface area contributed by atoms with Gasteiger partial charge in [0.15, 0.2) is 0 Å². The molecule has 9 unspecified atom stereocenters. The van der Waals surface area contributed by atoms with E-state index < -0.39 is 186 Å². The van der Waals surface area contributed by atoms with Crippen molar-refractivity contribution in [3.63, 3.8) is 0 Å². The number of hydrogen-bond donors (Lipinski definition) is 17. The highest BCUT2D eigenvalue weighted by molar-refractivity contribution is 6.00. The number of halogens is 2. The van der Waals surface area contributed by atoms with Gasteiger partial charge >= 0.3 is 5.97 Å². The quantitative estimate of drug-likeness (QED) is 0.0912. The van der Waals surface area contributed by atoms with Crippen LogP contribution in [0, 0.1) is 29.6 Å². The second kappa shape index (κ2) is 35.2. The van der Waals surface area contributed by atoms with Gasteiger partial charge in [0.1, 0.15) is 66.2 Å². The summed E-state index contributed by atoms with van der Waals surface area (Å²) in [5.74, 6) is -13.6. The average molecular weight is 1420 g/mol. The Morgan fingerprint density at radius 2 is 1.18 bits per heavy atom. The largest absolute Gasteiger partial charge is 0.481 e. The van der Waals surface area contributed by atoms with E-state index in [1.807, 2.05) is 0 Å². The molecular formula is C68H102F2N16O15. The second-order valence-electron chi connectivity index (χ2n) is 29.3. The normalized spacial score (nSPS) is 35.9. The smallest absolute Gasteiger partial charge is 0.305 e. The molecule has 1 aromatic rings. The molecule has 0 aromatic heterocycles. The van der Waals surface area contributed by atoms with Crippen molar-refractivity contribution in [2.45, 2.75) is 240 Å². The number of carbonyl (C=O) groups excluding carboxylic acids is 12. The number of primary amides is 1. The summed E-state index contributed by atoms with van der Waals surface area (Å²) in [7, 11) is 0. The van der Waals surface area contributed by atoms with Crippen LogP contribution in [0.15, 0.2) is 24.3 Å². The highest BCUT2D eigenvalue weighted by Gasteiger charge is 2.50. The summed E-state index contributed by atoms with van der Waals surface area (Å²) in [4.78, 5) is 185. The summed E-state index contributed by atoms with van der Waals surface area (Å²) < 4.78 is 30.4. The number of aliphatic hydroxyl groups is 1. The van der Waals surface area contributed by atoms with Gasteiger partial charge in [-0.3, -0.25) is 62.3 Å². The number of amides is 12. The minimum absolute atomic E-state index is 0.0414. The summed E-state index contributed by atoms with van der Waals surface area (Å²) in [6.07, 6.45) is -0.814. The molecule has 33 heteroatoms. The van der Waals surface area contributed by atoms with E-state index in [1.54, 1.807) is 24.3 Å². The van der Waals surface area contributed by atoms with Gasteiger partial charge < -0.3 is 95.3 Å². The second-order valence-corrected chi connectivity index (χ2v) is 29.3. The first-order chi connectivity index (χ1) is 48.1. The number of carbonyl (C=O) groups is 13. The maximum absolute atomic E-state index is 15.3. The molecule has 3 aliphatic carbocycles. The first kappa shape index (κ1) is 77.2. The van der Waals surface area contributed by atoms with Crippen LogP contribution in [-0.2, 0) is 75.3 Å². The van der Waals surface area contributed by atoms with Crippen molar-refractivity contribution < 1.29 is 81.3 Å². The maximum Gasteiger partial charge on any atom is 0.305 e. The van der Waals surface area contributed by atoms with E-state index in [1.165, 1.54) is 18.7 Å². The predicted molar refractivity (Wildman–Crippen MR) is 358 cm³/mol. The zero-order valence-corrected chi connectivity index (χ0v) is 57.6. The van der Waals surface area contributed by atoms with E-state index in [0.29, 0.717) is 88.7 Å². The van der Waals surface area contributed by atoms with Crippen molar-refractivity contribution in [3.05, 3.63) is 35.4 Å². The van der Waals surface area contributed by atoms with Gasteiger partial charge in [0, 0.05) is 57.8 Å². The molecule has 7 fully saturated rings. The molecule has 4 saturated heterocycles. The van der Waals surface area contributed by atoms with Gasteiger partial charge in [-0.2, -0.15) is 0 Å². The van der Waals surface area contributed by atoms with Crippen molar-refractivity contribution in [1.82, 2.24) is 79.3 Å². The van der Waals surface area contributed by atoms with Crippen LogP contribution in [-0.4, -0.2) is 222 Å². The number of carboxylic acids is 1. The maximum atomic E-state index is 15.3. The predicted octanol–water partition coefficient (Wildman–Crippen LogP) is -3.29. The molecule has 558 valence electrons. The van der Waals surface area contributed by atoms with Gasteiger partial charge in [-0.05, 0) is 170 Å². The van der Waals surface area contributed by atoms with E-state index in [9.17, 15) is 53.4 Å². The number of aliphatic hydroxyl groups excluding tert-OH is 1. The third-order valence-electron chi connectivity index (χ3n) is 21.9. The third kappa shape index (κ3) is 21.1. The van der Waals surface area contributed by atoms with E-state index >= 15 is 28.0 Å². The standard InChI is InChI=1S/C68H102F2N16O15/c1-34-60(94)76-32-57(90)80-50(21-39-29-73-47-15-11-41(69)23-45(39)47)62(96)81-51(22-40-30-74-48-16-12-42(70)24-46(40)48)63(97)83-54(27-58(91)92)65(99)82-52(25-43-31-72-33-77-43)64(98)84-55(20-37-9-13-44(88)14-10-37)66(100)86-18-4-17-68(86,3)67(101)85-49(59(71)93)19-36-5-7-38(8-6-36)28-75-56(89)26-53(61(95)78-34)79-35(2)87/h5-8,34,37,39-55,72-74,77,88H,4,9-33H2,1-3H3,(H2,71,93)(H,75,89)(H,76,94)(H,78,95)(H,79,87)(H,80,90)(H,81,96)(H,82,99)(H,83,97)(H,84,98)(H,85,101)(H,91,92)/t34-,37?,39?,40?,41?,42?,43?,44?,45?,46?,47?,48?,49-,50-,51-,52-,53-,54-,55-,68-/m0/s1. The molecule has 3 saturated carbocycles. The fourth-order valence-electron chi connectivity index (χ4n) is 16.1. The molecule has 101 heavy (non-hydrogen) atoms. The Kier molecular flexibility index (Phi) is 26.9. The third-order valence-corrected chi connectivity index (χ3v) is 21.9. The zero-order valence-electron chi connectivity index (χ0n) is 57.6. The Labute approximate surface area is 585 Å². The summed E-state index contributed by atoms with van der Waals surface area (Å²) in [5, 5.41) is 60.3. The fourth-order valence-corrected chi connectivity index (χ4v) is 16.1. The highest BCUT2D eigenvalue weighted by Crippen LogP contribution is 2.40. The topological polar surface area (TPSA) is 460 Å². The summed E-state index contributed by atoms with van der Waals surface area (Å²) in [6, 6.07) is -6.19. The van der Waals surface area contributed by atoms with Crippen molar-refractivity contribution >= 4 is 76.9 Å². The molecule has 10 rings (SSSR count). The lowest BCUT2D eigenvalue weighted by molar-refractivity contribution is -0.148. The van der Waals surface area contributed by atoms with E-state index in [4.69, 9.17) is 5.73 Å². The monoisotopic (exact) mass is 1420 g/mol. The van der Waals surface area contributed by atoms with Crippen LogP contribution in [0.1, 0.15) is 147 Å². The minimum Gasteiger partial charge on any atom is -0.481 e. The number of aliphatic carboxylic acids is 1. The summed E-state index contributed by atoms with van der Waals surface area (Å²) in [6.45, 7) is 4.41. The van der Waals surface area contributed by atoms with Crippen LogP contribution in [0.2, 0.25) is 0 Å². The number of carboxylic acid groups (broad SMARTS) is 1. The Bertz CT molecular complexity index is 3200. The van der Waals surface area contributed by atoms with Crippen molar-refractivity contribution in [2.24, 2.45) is 35.3 Å². The summed E-state index contributed by atoms with van der Waals surface area (Å²) >= 11 is 0. The molecule has 18 atom stereocenters. The molecule has 18 N–H and O–H groups in total. The lowest BCUT2D eigenvalue weighted by atomic mass is 9.76. The van der Waals surface area contributed by atoms with Crippen LogP contribution >= 0.6 is 0 Å². The Balaban J connectivity index is 1.04. The molecule has 0 radical (unpaired) electrons. The molecule has 9 aliphatic rings. The Hall–Kier alpha value is -8.01. The number of benzene rings is 1. The molecule has 6 heterocycles. The number of nitrogens with zero attached hydrogens (tertiary/aromatic N) is 1. The first-order valence-electron chi connectivity index (χ1n) is 35.8. The zero-order chi connectivity index (χ0) is 72.8. The summed E-state index contributed by atoms with van der Waals surface area (Å²) in [5.41, 5.74) is 5.41. The van der Waals surface area contributed by atoms with E-state index in [-0.39, 0.29) is 101 Å². The number of nitrogens with two attached hydrogens (primary N) is 1. The number of alkyl halides is 2. The molecule has 12 amide bonds. The number of nitrogens with one attached hydrogen (secondary N) is 14. The number of hydrogen-bond acceptors (Lipinski definition) is 18. The molecule has 1 aromatic carbocycles. The van der Waals surface area contributed by atoms with Gasteiger partial charge in [-0.1, -0.05) is 24.3 Å². The van der Waals surface area contributed by atoms with Crippen molar-refractivity contribution in [2.75, 3.05) is 39.4 Å². The van der Waals surface area contributed by atoms with E-state index in [2.05, 4.69) is 74.4 Å². The van der Waals surface area contributed by atoms with Gasteiger partial charge in [-0.15, -0.1) is 0 Å². The van der Waals surface area contributed by atoms with Crippen LogP contribution in [0.25, 0.3) is 0 Å². The Morgan fingerprint density at radius 1 is 0.614 bits per heavy atom. The molecule has 2 bridgehead atoms. The lowest BCUT2D eigenvalue weighted by Gasteiger charge is -2.38. The molecule has 6 aliphatic heterocycles. The van der Waals surface area contributed by atoms with Gasteiger partial charge in [0.2, 0.25) is 70.9 Å². The Morgan fingerprint density at radius 3 is 1.75 bits per heavy atom. The van der Waals surface area contributed by atoms with Crippen molar-refractivity contribution in [3.8, 4) is 0 Å².